The van der Waals surface area contributed by atoms with Crippen molar-refractivity contribution in [1.29, 1.82) is 0 Å². The van der Waals surface area contributed by atoms with E-state index in [1.54, 1.807) is 19.1 Å². The topological polar surface area (TPSA) is 104 Å². The summed E-state index contributed by atoms with van der Waals surface area (Å²) in [7, 11) is -3.99. The summed E-state index contributed by atoms with van der Waals surface area (Å²) in [5.41, 5.74) is 1.07. The number of rotatable bonds is 5. The molecule has 7 nitrogen and oxygen atoms in total. The van der Waals surface area contributed by atoms with E-state index >= 15 is 0 Å². The van der Waals surface area contributed by atoms with Crippen molar-refractivity contribution in [3.05, 3.63) is 57.6 Å². The van der Waals surface area contributed by atoms with Crippen LogP contribution >= 0.6 is 23.2 Å². The number of benzene rings is 2. The Hall–Kier alpha value is -2.29. The Kier molecular flexibility index (Phi) is 6.36. The molecule has 1 aliphatic rings. The average molecular weight is 456 g/mol. The highest BCUT2D eigenvalue weighted by Crippen LogP contribution is 2.25. The third-order valence-corrected chi connectivity index (χ3v) is 6.62. The second kappa shape index (κ2) is 8.61. The van der Waals surface area contributed by atoms with Crippen molar-refractivity contribution in [3.63, 3.8) is 0 Å². The molecule has 1 heterocycles. The minimum Gasteiger partial charge on any atom is -0.354 e. The molecule has 0 bridgehead atoms. The molecule has 1 fully saturated rings. The Bertz CT molecular complexity index is 1070. The molecule has 0 spiro atoms. The van der Waals surface area contributed by atoms with Gasteiger partial charge in [-0.25, -0.2) is 8.42 Å². The van der Waals surface area contributed by atoms with Crippen molar-refractivity contribution >= 4 is 50.7 Å². The molecule has 154 valence electrons. The first-order valence-electron chi connectivity index (χ1n) is 8.84. The van der Waals surface area contributed by atoms with Crippen LogP contribution in [0.25, 0.3) is 0 Å². The zero-order chi connectivity index (χ0) is 21.2. The third kappa shape index (κ3) is 5.01. The quantitative estimate of drug-likeness (QED) is 0.643. The summed E-state index contributed by atoms with van der Waals surface area (Å²) in [6, 6.07) is 7.90. The van der Waals surface area contributed by atoms with E-state index < -0.39 is 22.0 Å². The van der Waals surface area contributed by atoms with Crippen LogP contribution in [0.2, 0.25) is 10.0 Å². The fourth-order valence-electron chi connectivity index (χ4n) is 2.86. The minimum atomic E-state index is -3.99. The standard InChI is InChI=1S/C19H19Cl2N3O4S/c1-11-4-5-12(9-16(11)21)24-29(27,28)13-6-7-15(20)14(10-13)18(25)23-17-3-2-8-22-19(17)26/h4-7,9-10,17,24H,2-3,8H2,1H3,(H,22,26)(H,23,25). The largest absolute Gasteiger partial charge is 0.354 e. The lowest BCUT2D eigenvalue weighted by atomic mass is 10.1. The normalized spacial score (nSPS) is 16.8. The van der Waals surface area contributed by atoms with Gasteiger partial charge in [-0.05, 0) is 55.7 Å². The number of sulfonamides is 1. The second-order valence-corrected chi connectivity index (χ2v) is 9.17. The predicted octanol–water partition coefficient (Wildman–Crippen LogP) is 3.11. The molecule has 2 aromatic carbocycles. The van der Waals surface area contributed by atoms with E-state index in [-0.39, 0.29) is 21.4 Å². The Morgan fingerprint density at radius 1 is 1.14 bits per heavy atom. The van der Waals surface area contributed by atoms with Gasteiger partial charge in [0.15, 0.2) is 0 Å². The lowest BCUT2D eigenvalue weighted by molar-refractivity contribution is -0.124. The highest BCUT2D eigenvalue weighted by atomic mass is 35.5. The predicted molar refractivity (Wildman–Crippen MR) is 112 cm³/mol. The van der Waals surface area contributed by atoms with Crippen LogP contribution in [0.4, 0.5) is 5.69 Å². The Balaban J connectivity index is 1.84. The number of anilines is 1. The number of aryl methyl sites for hydroxylation is 1. The molecular formula is C19H19Cl2N3O4S. The lowest BCUT2D eigenvalue weighted by Gasteiger charge is -2.23. The van der Waals surface area contributed by atoms with Crippen LogP contribution in [0.3, 0.4) is 0 Å². The number of nitrogens with one attached hydrogen (secondary N) is 3. The van der Waals surface area contributed by atoms with Gasteiger partial charge < -0.3 is 10.6 Å². The van der Waals surface area contributed by atoms with E-state index in [0.717, 1.165) is 12.0 Å². The lowest BCUT2D eigenvalue weighted by Crippen LogP contribution is -2.50. The second-order valence-electron chi connectivity index (χ2n) is 6.67. The van der Waals surface area contributed by atoms with Gasteiger partial charge in [-0.2, -0.15) is 0 Å². The van der Waals surface area contributed by atoms with Gasteiger partial charge >= 0.3 is 0 Å². The van der Waals surface area contributed by atoms with Crippen molar-refractivity contribution in [2.24, 2.45) is 0 Å². The minimum absolute atomic E-state index is 0.0325. The van der Waals surface area contributed by atoms with Gasteiger partial charge in [-0.3, -0.25) is 14.3 Å². The van der Waals surface area contributed by atoms with Crippen molar-refractivity contribution in [3.8, 4) is 0 Å². The monoisotopic (exact) mass is 455 g/mol. The van der Waals surface area contributed by atoms with Gasteiger partial charge in [-0.15, -0.1) is 0 Å². The van der Waals surface area contributed by atoms with E-state index in [4.69, 9.17) is 23.2 Å². The van der Waals surface area contributed by atoms with Gasteiger partial charge in [-0.1, -0.05) is 29.3 Å². The molecule has 10 heteroatoms. The van der Waals surface area contributed by atoms with E-state index in [9.17, 15) is 18.0 Å². The average Bonchev–Trinajstić information content (AvgIpc) is 2.66. The fourth-order valence-corrected chi connectivity index (χ4v) is 4.32. The maximum absolute atomic E-state index is 12.7. The zero-order valence-corrected chi connectivity index (χ0v) is 17.8. The number of amides is 2. The zero-order valence-electron chi connectivity index (χ0n) is 15.5. The van der Waals surface area contributed by atoms with E-state index in [1.165, 1.54) is 24.3 Å². The maximum Gasteiger partial charge on any atom is 0.261 e. The van der Waals surface area contributed by atoms with Gasteiger partial charge in [0.05, 0.1) is 21.2 Å². The molecule has 0 aliphatic carbocycles. The summed E-state index contributed by atoms with van der Waals surface area (Å²) < 4.78 is 27.9. The molecule has 3 rings (SSSR count). The SMILES string of the molecule is Cc1ccc(NS(=O)(=O)c2ccc(Cl)c(C(=O)NC3CCCNC3=O)c2)cc1Cl. The Labute approximate surface area is 178 Å². The summed E-state index contributed by atoms with van der Waals surface area (Å²) in [6.07, 6.45) is 1.24. The van der Waals surface area contributed by atoms with E-state index in [1.807, 2.05) is 0 Å². The molecule has 1 atom stereocenters. The number of carbonyl (C=O) groups is 2. The molecule has 2 amide bonds. The van der Waals surface area contributed by atoms with Crippen LogP contribution in [0.5, 0.6) is 0 Å². The summed E-state index contributed by atoms with van der Waals surface area (Å²) in [4.78, 5) is 24.3. The van der Waals surface area contributed by atoms with E-state index in [2.05, 4.69) is 15.4 Å². The first-order chi connectivity index (χ1) is 13.7. The van der Waals surface area contributed by atoms with Crippen molar-refractivity contribution < 1.29 is 18.0 Å². The molecule has 2 aromatic rings. The van der Waals surface area contributed by atoms with Crippen LogP contribution in [0.1, 0.15) is 28.8 Å². The molecule has 1 saturated heterocycles. The number of hydrogen-bond donors (Lipinski definition) is 3. The maximum atomic E-state index is 12.7. The summed E-state index contributed by atoms with van der Waals surface area (Å²) >= 11 is 12.1. The van der Waals surface area contributed by atoms with Crippen molar-refractivity contribution in [2.75, 3.05) is 11.3 Å². The van der Waals surface area contributed by atoms with Crippen molar-refractivity contribution in [1.82, 2.24) is 10.6 Å². The van der Waals surface area contributed by atoms with Crippen LogP contribution in [-0.4, -0.2) is 32.8 Å². The molecule has 0 aromatic heterocycles. The van der Waals surface area contributed by atoms with Gasteiger partial charge in [0, 0.05) is 11.6 Å². The smallest absolute Gasteiger partial charge is 0.261 e. The van der Waals surface area contributed by atoms with Crippen LogP contribution in [0.15, 0.2) is 41.3 Å². The first kappa shape index (κ1) is 21.4. The highest BCUT2D eigenvalue weighted by Gasteiger charge is 2.26. The summed E-state index contributed by atoms with van der Waals surface area (Å²) in [6.45, 7) is 2.37. The summed E-state index contributed by atoms with van der Waals surface area (Å²) in [5.74, 6) is -0.894. The number of carbonyl (C=O) groups excluding carboxylic acids is 2. The molecule has 29 heavy (non-hydrogen) atoms. The van der Waals surface area contributed by atoms with E-state index in [0.29, 0.717) is 23.7 Å². The van der Waals surface area contributed by atoms with Gasteiger partial charge in [0.1, 0.15) is 6.04 Å². The van der Waals surface area contributed by atoms with Crippen LogP contribution < -0.4 is 15.4 Å². The molecule has 3 N–H and O–H groups in total. The van der Waals surface area contributed by atoms with Crippen LogP contribution in [-0.2, 0) is 14.8 Å². The number of hydrogen-bond acceptors (Lipinski definition) is 4. The fraction of sp³-hybridized carbons (Fsp3) is 0.263. The molecule has 0 saturated carbocycles. The highest BCUT2D eigenvalue weighted by molar-refractivity contribution is 7.92. The van der Waals surface area contributed by atoms with Crippen molar-refractivity contribution in [2.45, 2.75) is 30.7 Å². The number of piperidine rings is 1. The molecular weight excluding hydrogens is 437 g/mol. The number of halogens is 2. The third-order valence-electron chi connectivity index (χ3n) is 4.51. The summed E-state index contributed by atoms with van der Waals surface area (Å²) in [5, 5.41) is 5.77. The van der Waals surface area contributed by atoms with Gasteiger partial charge in [0.25, 0.3) is 15.9 Å². The van der Waals surface area contributed by atoms with Crippen LogP contribution in [0, 0.1) is 6.92 Å². The molecule has 1 unspecified atom stereocenters. The molecule has 0 radical (unpaired) electrons. The first-order valence-corrected chi connectivity index (χ1v) is 11.1. The Morgan fingerprint density at radius 2 is 1.90 bits per heavy atom. The molecule has 1 aliphatic heterocycles. The Morgan fingerprint density at radius 3 is 2.59 bits per heavy atom. The van der Waals surface area contributed by atoms with Gasteiger partial charge in [0.2, 0.25) is 5.91 Å².